The van der Waals surface area contributed by atoms with Crippen LogP contribution in [0.3, 0.4) is 0 Å². The summed E-state index contributed by atoms with van der Waals surface area (Å²) in [4.78, 5) is 21.2. The lowest BCUT2D eigenvalue weighted by Gasteiger charge is -2.35. The molecule has 9 nitrogen and oxygen atoms in total. The van der Waals surface area contributed by atoms with E-state index in [4.69, 9.17) is 13.7 Å². The van der Waals surface area contributed by atoms with Crippen LogP contribution >= 0.6 is 0 Å². The van der Waals surface area contributed by atoms with E-state index in [1.165, 1.54) is 0 Å². The van der Waals surface area contributed by atoms with Crippen molar-refractivity contribution in [3.63, 3.8) is 0 Å². The lowest BCUT2D eigenvalue weighted by Crippen LogP contribution is -2.48. The van der Waals surface area contributed by atoms with Crippen LogP contribution < -0.4 is 15.0 Å². The van der Waals surface area contributed by atoms with Gasteiger partial charge in [-0.25, -0.2) is 4.98 Å². The Morgan fingerprint density at radius 1 is 1.21 bits per heavy atom. The topological polar surface area (TPSA) is 96.9 Å². The fraction of sp³-hybridized carbons (Fsp3) is 0.350. The van der Waals surface area contributed by atoms with E-state index < -0.39 is 0 Å². The number of aromatic nitrogens is 2. The molecule has 152 valence electrons. The third kappa shape index (κ3) is 4.40. The number of furan rings is 1. The monoisotopic (exact) mass is 397 g/mol. The minimum absolute atomic E-state index is 0.239. The van der Waals surface area contributed by atoms with Gasteiger partial charge in [-0.15, -0.1) is 0 Å². The first kappa shape index (κ1) is 19.0. The number of pyridine rings is 1. The second-order valence-electron chi connectivity index (χ2n) is 6.67. The molecule has 0 saturated carbocycles. The van der Waals surface area contributed by atoms with Gasteiger partial charge in [0.15, 0.2) is 23.0 Å². The molecule has 1 aliphatic heterocycles. The molecule has 0 bridgehead atoms. The van der Waals surface area contributed by atoms with Gasteiger partial charge in [0.25, 0.3) is 5.91 Å². The first-order valence-corrected chi connectivity index (χ1v) is 9.49. The van der Waals surface area contributed by atoms with Crippen molar-refractivity contribution in [1.82, 2.24) is 20.4 Å². The van der Waals surface area contributed by atoms with Gasteiger partial charge in [0.1, 0.15) is 0 Å². The summed E-state index contributed by atoms with van der Waals surface area (Å²) in [7, 11) is 1.66. The average molecular weight is 397 g/mol. The summed E-state index contributed by atoms with van der Waals surface area (Å²) in [5.74, 6) is 2.37. The highest BCUT2D eigenvalue weighted by Gasteiger charge is 2.21. The molecule has 1 saturated heterocycles. The fourth-order valence-corrected chi connectivity index (χ4v) is 3.30. The van der Waals surface area contributed by atoms with Gasteiger partial charge in [0.2, 0.25) is 5.76 Å². The van der Waals surface area contributed by atoms with Crippen molar-refractivity contribution >= 4 is 11.7 Å². The molecule has 3 aromatic rings. The Morgan fingerprint density at radius 2 is 2.07 bits per heavy atom. The third-order valence-corrected chi connectivity index (χ3v) is 4.86. The van der Waals surface area contributed by atoms with Gasteiger partial charge in [-0.05, 0) is 24.3 Å². The van der Waals surface area contributed by atoms with Crippen molar-refractivity contribution in [2.24, 2.45) is 0 Å². The number of hydrogen-bond acceptors (Lipinski definition) is 8. The van der Waals surface area contributed by atoms with Crippen molar-refractivity contribution in [3.05, 3.63) is 48.5 Å². The maximum atomic E-state index is 12.3. The average Bonchev–Trinajstić information content (AvgIpc) is 3.46. The summed E-state index contributed by atoms with van der Waals surface area (Å²) >= 11 is 0. The summed E-state index contributed by atoms with van der Waals surface area (Å²) < 4.78 is 15.8. The van der Waals surface area contributed by atoms with E-state index >= 15 is 0 Å². The Balaban J connectivity index is 1.22. The summed E-state index contributed by atoms with van der Waals surface area (Å²) in [6.45, 7) is 4.80. The number of hydrogen-bond donors (Lipinski definition) is 1. The Bertz CT molecular complexity index is 932. The van der Waals surface area contributed by atoms with E-state index in [-0.39, 0.29) is 11.6 Å². The lowest BCUT2D eigenvalue weighted by molar-refractivity contribution is 0.0938. The van der Waals surface area contributed by atoms with Crippen molar-refractivity contribution in [2.75, 3.05) is 51.3 Å². The zero-order chi connectivity index (χ0) is 20.1. The van der Waals surface area contributed by atoms with Crippen LogP contribution in [0.4, 0.5) is 5.82 Å². The quantitative estimate of drug-likeness (QED) is 0.646. The zero-order valence-electron chi connectivity index (χ0n) is 16.2. The first-order valence-electron chi connectivity index (χ1n) is 9.49. The van der Waals surface area contributed by atoms with E-state index in [9.17, 15) is 4.79 Å². The number of piperazine rings is 1. The van der Waals surface area contributed by atoms with Crippen LogP contribution in [0, 0.1) is 0 Å². The molecule has 0 spiro atoms. The number of carbonyl (C=O) groups excluding carboxylic acids is 1. The van der Waals surface area contributed by atoms with Crippen molar-refractivity contribution in [1.29, 1.82) is 0 Å². The maximum Gasteiger partial charge on any atom is 0.273 e. The van der Waals surface area contributed by atoms with Crippen molar-refractivity contribution in [2.45, 2.75) is 0 Å². The number of anilines is 1. The lowest BCUT2D eigenvalue weighted by atomic mass is 10.3. The molecule has 1 amide bonds. The molecule has 4 heterocycles. The number of nitrogens with one attached hydrogen (secondary N) is 1. The second-order valence-corrected chi connectivity index (χ2v) is 6.67. The number of nitrogens with zero attached hydrogens (tertiary/aromatic N) is 4. The molecule has 1 N–H and O–H groups in total. The molecule has 1 aliphatic rings. The standard InChI is InChI=1S/C20H23N5O4/c1-27-17-4-2-6-21-19(17)25-11-9-24(10-12-25)8-7-22-20(26)15-14-18(29-23-15)16-5-3-13-28-16/h2-6,13-14H,7-12H2,1H3,(H,22,26). The number of methoxy groups -OCH3 is 1. The molecule has 0 aliphatic carbocycles. The number of amides is 1. The van der Waals surface area contributed by atoms with E-state index in [2.05, 4.69) is 25.3 Å². The molecule has 0 aromatic carbocycles. The fourth-order valence-electron chi connectivity index (χ4n) is 3.30. The van der Waals surface area contributed by atoms with Crippen LogP contribution in [0.1, 0.15) is 10.5 Å². The molecular weight excluding hydrogens is 374 g/mol. The molecule has 0 radical (unpaired) electrons. The summed E-state index contributed by atoms with van der Waals surface area (Å²) in [5.41, 5.74) is 0.239. The number of ether oxygens (including phenoxy) is 1. The van der Waals surface area contributed by atoms with Crippen LogP contribution in [-0.2, 0) is 0 Å². The Hall–Kier alpha value is -3.33. The van der Waals surface area contributed by atoms with Crippen molar-refractivity contribution in [3.8, 4) is 17.3 Å². The largest absolute Gasteiger partial charge is 0.493 e. The Labute approximate surface area is 168 Å². The van der Waals surface area contributed by atoms with Gasteiger partial charge in [-0.2, -0.15) is 0 Å². The normalized spacial score (nSPS) is 14.7. The molecule has 0 unspecified atom stereocenters. The predicted molar refractivity (Wildman–Crippen MR) is 106 cm³/mol. The molecule has 1 fully saturated rings. The van der Waals surface area contributed by atoms with Crippen LogP contribution in [0.25, 0.3) is 11.5 Å². The minimum atomic E-state index is -0.261. The molecule has 9 heteroatoms. The van der Waals surface area contributed by atoms with Gasteiger partial charge in [-0.3, -0.25) is 9.69 Å². The Kier molecular flexibility index (Phi) is 5.76. The second kappa shape index (κ2) is 8.78. The van der Waals surface area contributed by atoms with E-state index in [1.54, 1.807) is 37.8 Å². The first-order chi connectivity index (χ1) is 14.2. The van der Waals surface area contributed by atoms with E-state index in [1.807, 2.05) is 12.1 Å². The van der Waals surface area contributed by atoms with Gasteiger partial charge in [0.05, 0.1) is 13.4 Å². The molecule has 3 aromatic heterocycles. The van der Waals surface area contributed by atoms with Gasteiger partial charge < -0.3 is 23.9 Å². The minimum Gasteiger partial charge on any atom is -0.493 e. The number of carbonyl (C=O) groups is 1. The SMILES string of the molecule is COc1cccnc1N1CCN(CCNC(=O)c2cc(-c3ccco3)on2)CC1. The summed E-state index contributed by atoms with van der Waals surface area (Å²) in [6, 6.07) is 8.87. The van der Waals surface area contributed by atoms with Crippen LogP contribution in [0.5, 0.6) is 5.75 Å². The number of rotatable bonds is 7. The summed E-state index contributed by atoms with van der Waals surface area (Å²) in [6.07, 6.45) is 3.32. The highest BCUT2D eigenvalue weighted by Crippen LogP contribution is 2.25. The smallest absolute Gasteiger partial charge is 0.273 e. The zero-order valence-corrected chi connectivity index (χ0v) is 16.2. The highest BCUT2D eigenvalue weighted by atomic mass is 16.5. The maximum absolute atomic E-state index is 12.3. The van der Waals surface area contributed by atoms with Gasteiger partial charge in [0, 0.05) is 51.5 Å². The third-order valence-electron chi connectivity index (χ3n) is 4.86. The van der Waals surface area contributed by atoms with Crippen LogP contribution in [0.15, 0.2) is 51.7 Å². The summed E-state index contributed by atoms with van der Waals surface area (Å²) in [5, 5.41) is 6.70. The van der Waals surface area contributed by atoms with Gasteiger partial charge in [-0.1, -0.05) is 5.16 Å². The van der Waals surface area contributed by atoms with E-state index in [0.717, 1.165) is 44.3 Å². The molecule has 29 heavy (non-hydrogen) atoms. The van der Waals surface area contributed by atoms with Crippen LogP contribution in [-0.4, -0.2) is 67.3 Å². The van der Waals surface area contributed by atoms with E-state index in [0.29, 0.717) is 18.1 Å². The van der Waals surface area contributed by atoms with Gasteiger partial charge >= 0.3 is 0 Å². The van der Waals surface area contributed by atoms with Crippen molar-refractivity contribution < 1.29 is 18.5 Å². The Morgan fingerprint density at radius 3 is 2.83 bits per heavy atom. The molecule has 4 rings (SSSR count). The highest BCUT2D eigenvalue weighted by molar-refractivity contribution is 5.92. The predicted octanol–water partition coefficient (Wildman–Crippen LogP) is 1.89. The molecular formula is C20H23N5O4. The molecule has 0 atom stereocenters. The van der Waals surface area contributed by atoms with Crippen LogP contribution in [0.2, 0.25) is 0 Å².